The van der Waals surface area contributed by atoms with Gasteiger partial charge in [-0.1, -0.05) is 19.4 Å². The fraction of sp³-hybridized carbons (Fsp3) is 0.545. The second-order valence-corrected chi connectivity index (χ2v) is 5.79. The molecule has 1 heterocycles. The molecule has 0 aromatic carbocycles. The van der Waals surface area contributed by atoms with Crippen molar-refractivity contribution in [2.45, 2.75) is 35.6 Å². The largest absolute Gasteiger partial charge is 0.469 e. The molecule has 1 atom stereocenters. The number of hydrogen-bond acceptors (Lipinski definition) is 4. The van der Waals surface area contributed by atoms with Crippen molar-refractivity contribution in [1.29, 1.82) is 0 Å². The van der Waals surface area contributed by atoms with Gasteiger partial charge in [0, 0.05) is 5.25 Å². The molecule has 0 radical (unpaired) electrons. The van der Waals surface area contributed by atoms with Crippen molar-refractivity contribution >= 4 is 29.1 Å². The molecule has 0 fully saturated rings. The molecular formula is C11H16O2S2. The molecule has 1 aromatic rings. The molecule has 0 aliphatic carbocycles. The topological polar surface area (TPSA) is 26.3 Å². The van der Waals surface area contributed by atoms with E-state index in [-0.39, 0.29) is 5.97 Å². The minimum absolute atomic E-state index is 0.113. The van der Waals surface area contributed by atoms with Crippen LogP contribution in [-0.4, -0.2) is 18.3 Å². The Labute approximate surface area is 99.0 Å². The molecule has 0 aliphatic rings. The molecule has 0 saturated carbocycles. The Morgan fingerprint density at radius 3 is 3.00 bits per heavy atom. The molecule has 2 nitrogen and oxygen atoms in total. The Balaban J connectivity index is 2.46. The Bertz CT molecular complexity index is 283. The van der Waals surface area contributed by atoms with E-state index in [4.69, 9.17) is 4.74 Å². The van der Waals surface area contributed by atoms with Crippen molar-refractivity contribution in [3.8, 4) is 0 Å². The zero-order valence-corrected chi connectivity index (χ0v) is 10.7. The number of rotatable bonds is 6. The first kappa shape index (κ1) is 12.6. The summed E-state index contributed by atoms with van der Waals surface area (Å²) in [6.45, 7) is 2.14. The van der Waals surface area contributed by atoms with Crippen molar-refractivity contribution < 1.29 is 9.53 Å². The maximum absolute atomic E-state index is 11.2. The molecular weight excluding hydrogens is 228 g/mol. The second-order valence-electron chi connectivity index (χ2n) is 3.24. The minimum atomic E-state index is -0.113. The Morgan fingerprint density at radius 2 is 2.47 bits per heavy atom. The monoisotopic (exact) mass is 244 g/mol. The van der Waals surface area contributed by atoms with Crippen molar-refractivity contribution in [3.05, 3.63) is 17.5 Å². The summed E-state index contributed by atoms with van der Waals surface area (Å²) in [5, 5.41) is 2.41. The zero-order valence-electron chi connectivity index (χ0n) is 9.06. The molecule has 0 spiro atoms. The van der Waals surface area contributed by atoms with Crippen LogP contribution in [0.15, 0.2) is 21.7 Å². The van der Waals surface area contributed by atoms with Gasteiger partial charge < -0.3 is 4.74 Å². The van der Waals surface area contributed by atoms with Crippen molar-refractivity contribution in [2.24, 2.45) is 0 Å². The first-order valence-corrected chi connectivity index (χ1v) is 6.79. The third kappa shape index (κ3) is 4.71. The van der Waals surface area contributed by atoms with Gasteiger partial charge in [-0.3, -0.25) is 4.79 Å². The van der Waals surface area contributed by atoms with Crippen molar-refractivity contribution in [1.82, 2.24) is 0 Å². The third-order valence-corrected chi connectivity index (χ3v) is 4.35. The Morgan fingerprint density at radius 1 is 1.67 bits per heavy atom. The minimum Gasteiger partial charge on any atom is -0.469 e. The van der Waals surface area contributed by atoms with E-state index in [0.29, 0.717) is 11.7 Å². The van der Waals surface area contributed by atoms with Gasteiger partial charge in [0.15, 0.2) is 0 Å². The predicted molar refractivity (Wildman–Crippen MR) is 65.5 cm³/mol. The quantitative estimate of drug-likeness (QED) is 0.565. The van der Waals surface area contributed by atoms with Crippen molar-refractivity contribution in [3.63, 3.8) is 0 Å². The summed E-state index contributed by atoms with van der Waals surface area (Å²) < 4.78 is 5.97. The molecule has 4 heteroatoms. The lowest BCUT2D eigenvalue weighted by atomic mass is 10.2. The van der Waals surface area contributed by atoms with Crippen LogP contribution in [0.4, 0.5) is 0 Å². The molecule has 1 aromatic heterocycles. The predicted octanol–water partition coefficient (Wildman–Crippen LogP) is 3.57. The number of carbonyl (C=O) groups is 1. The number of esters is 1. The van der Waals surface area contributed by atoms with E-state index in [2.05, 4.69) is 18.4 Å². The van der Waals surface area contributed by atoms with Crippen LogP contribution in [0.2, 0.25) is 0 Å². The Hall–Kier alpha value is -0.480. The standard InChI is InChI=1S/C11H16O2S2/c1-3-5-9(8-10(12)13-2)15-11-6-4-7-14-11/h4,6-7,9H,3,5,8H2,1-2H3/t9-/m0/s1. The highest BCUT2D eigenvalue weighted by molar-refractivity contribution is 8.01. The Kier molecular flexibility index (Phi) is 5.79. The summed E-state index contributed by atoms with van der Waals surface area (Å²) in [6.07, 6.45) is 2.66. The number of thiophene rings is 1. The van der Waals surface area contributed by atoms with E-state index < -0.39 is 0 Å². The SMILES string of the molecule is CCC[C@@H](CC(=O)OC)Sc1cccs1. The average molecular weight is 244 g/mol. The highest BCUT2D eigenvalue weighted by Crippen LogP contribution is 2.31. The molecule has 0 aliphatic heterocycles. The summed E-state index contributed by atoms with van der Waals surface area (Å²) in [7, 11) is 1.45. The average Bonchev–Trinajstić information content (AvgIpc) is 2.70. The van der Waals surface area contributed by atoms with Gasteiger partial charge in [-0.2, -0.15) is 0 Å². The molecule has 0 unspecified atom stereocenters. The summed E-state index contributed by atoms with van der Waals surface area (Å²) in [5.74, 6) is -0.113. The first-order valence-electron chi connectivity index (χ1n) is 5.03. The number of thioether (sulfide) groups is 1. The lowest BCUT2D eigenvalue weighted by Crippen LogP contribution is -2.11. The summed E-state index contributed by atoms with van der Waals surface area (Å²) in [6, 6.07) is 4.13. The van der Waals surface area contributed by atoms with E-state index in [1.54, 1.807) is 23.1 Å². The molecule has 1 rings (SSSR count). The highest BCUT2D eigenvalue weighted by Gasteiger charge is 2.15. The number of ether oxygens (including phenoxy) is 1. The fourth-order valence-electron chi connectivity index (χ4n) is 1.29. The molecule has 0 bridgehead atoms. The van der Waals surface area contributed by atoms with Gasteiger partial charge in [0.2, 0.25) is 0 Å². The van der Waals surface area contributed by atoms with Crippen LogP contribution < -0.4 is 0 Å². The second kappa shape index (κ2) is 6.90. The van der Waals surface area contributed by atoms with Crippen LogP contribution in [-0.2, 0) is 9.53 Å². The van der Waals surface area contributed by atoms with E-state index >= 15 is 0 Å². The van der Waals surface area contributed by atoms with Gasteiger partial charge in [0.1, 0.15) is 0 Å². The van der Waals surface area contributed by atoms with Gasteiger partial charge in [-0.05, 0) is 17.9 Å². The molecule has 0 N–H and O–H groups in total. The van der Waals surface area contributed by atoms with E-state index in [9.17, 15) is 4.79 Å². The van der Waals surface area contributed by atoms with Crippen LogP contribution in [0.1, 0.15) is 26.2 Å². The summed E-state index contributed by atoms with van der Waals surface area (Å²) in [4.78, 5) is 11.2. The summed E-state index contributed by atoms with van der Waals surface area (Å²) in [5.41, 5.74) is 0. The normalized spacial score (nSPS) is 12.4. The lowest BCUT2D eigenvalue weighted by molar-refractivity contribution is -0.140. The number of methoxy groups -OCH3 is 1. The molecule has 15 heavy (non-hydrogen) atoms. The van der Waals surface area contributed by atoms with Gasteiger partial charge in [0.05, 0.1) is 17.7 Å². The summed E-state index contributed by atoms with van der Waals surface area (Å²) >= 11 is 3.50. The van der Waals surface area contributed by atoms with Crippen molar-refractivity contribution in [2.75, 3.05) is 7.11 Å². The first-order chi connectivity index (χ1) is 7.26. The van der Waals surface area contributed by atoms with Crippen LogP contribution in [0, 0.1) is 0 Å². The van der Waals surface area contributed by atoms with Crippen LogP contribution >= 0.6 is 23.1 Å². The van der Waals surface area contributed by atoms with Crippen LogP contribution in [0.5, 0.6) is 0 Å². The number of hydrogen-bond donors (Lipinski definition) is 0. The van der Waals surface area contributed by atoms with E-state index in [1.807, 2.05) is 6.07 Å². The van der Waals surface area contributed by atoms with Gasteiger partial charge in [-0.25, -0.2) is 0 Å². The maximum Gasteiger partial charge on any atom is 0.306 e. The van der Waals surface area contributed by atoms with E-state index in [0.717, 1.165) is 12.8 Å². The number of carbonyl (C=O) groups excluding carboxylic acids is 1. The lowest BCUT2D eigenvalue weighted by Gasteiger charge is -2.12. The molecule has 0 saturated heterocycles. The molecule has 84 valence electrons. The van der Waals surface area contributed by atoms with E-state index in [1.165, 1.54) is 11.3 Å². The smallest absolute Gasteiger partial charge is 0.306 e. The molecule has 0 amide bonds. The van der Waals surface area contributed by atoms with Crippen LogP contribution in [0.25, 0.3) is 0 Å². The highest BCUT2D eigenvalue weighted by atomic mass is 32.2. The van der Waals surface area contributed by atoms with Crippen LogP contribution in [0.3, 0.4) is 0 Å². The van der Waals surface area contributed by atoms with Gasteiger partial charge >= 0.3 is 5.97 Å². The zero-order chi connectivity index (χ0) is 11.1. The van der Waals surface area contributed by atoms with Gasteiger partial charge in [0.25, 0.3) is 0 Å². The maximum atomic E-state index is 11.2. The van der Waals surface area contributed by atoms with Gasteiger partial charge in [-0.15, -0.1) is 23.1 Å². The fourth-order valence-corrected chi connectivity index (χ4v) is 3.59. The third-order valence-electron chi connectivity index (χ3n) is 2.01.